The minimum atomic E-state index is 0.254. The van der Waals surface area contributed by atoms with Gasteiger partial charge in [-0.05, 0) is 17.7 Å². The van der Waals surface area contributed by atoms with E-state index in [1.807, 2.05) is 18.2 Å². The van der Waals surface area contributed by atoms with E-state index in [2.05, 4.69) is 15.3 Å². The number of nitrogens with one attached hydrogen (secondary N) is 1. The molecule has 2 aromatic rings. The van der Waals surface area contributed by atoms with E-state index in [0.29, 0.717) is 17.4 Å². The standard InChI is InChI=1S/C12H11ClN4O2/c13-10-11(14)16-5-17-12(10)15-4-7-1-2-8-9(3-7)19-6-18-8/h1-3,5H,4,6H2,(H3,14,15,16,17). The highest BCUT2D eigenvalue weighted by Gasteiger charge is 2.13. The van der Waals surface area contributed by atoms with Gasteiger partial charge in [0, 0.05) is 6.54 Å². The first kappa shape index (κ1) is 11.9. The third kappa shape index (κ3) is 2.34. The SMILES string of the molecule is Nc1ncnc(NCc2ccc3c(c2)OCO3)c1Cl. The van der Waals surface area contributed by atoms with E-state index in [9.17, 15) is 0 Å². The Morgan fingerprint density at radius 2 is 2.11 bits per heavy atom. The molecule has 0 amide bonds. The van der Waals surface area contributed by atoms with Gasteiger partial charge in [0.2, 0.25) is 6.79 Å². The van der Waals surface area contributed by atoms with Crippen LogP contribution in [0.4, 0.5) is 11.6 Å². The fourth-order valence-corrected chi connectivity index (χ4v) is 1.91. The number of hydrogen-bond donors (Lipinski definition) is 2. The number of halogens is 1. The number of ether oxygens (including phenoxy) is 2. The number of hydrogen-bond acceptors (Lipinski definition) is 6. The first-order valence-electron chi connectivity index (χ1n) is 5.62. The Balaban J connectivity index is 1.74. The molecule has 3 N–H and O–H groups in total. The van der Waals surface area contributed by atoms with Crippen molar-refractivity contribution in [3.05, 3.63) is 35.1 Å². The van der Waals surface area contributed by atoms with Gasteiger partial charge in [0.15, 0.2) is 17.3 Å². The molecule has 0 bridgehead atoms. The normalized spacial score (nSPS) is 12.5. The summed E-state index contributed by atoms with van der Waals surface area (Å²) < 4.78 is 10.6. The highest BCUT2D eigenvalue weighted by atomic mass is 35.5. The van der Waals surface area contributed by atoms with E-state index in [-0.39, 0.29) is 12.6 Å². The van der Waals surface area contributed by atoms with Crippen molar-refractivity contribution in [1.29, 1.82) is 0 Å². The van der Waals surface area contributed by atoms with Gasteiger partial charge in [0.05, 0.1) is 0 Å². The van der Waals surface area contributed by atoms with Gasteiger partial charge >= 0.3 is 0 Å². The minimum Gasteiger partial charge on any atom is -0.454 e. The summed E-state index contributed by atoms with van der Waals surface area (Å²) >= 11 is 6.00. The van der Waals surface area contributed by atoms with Gasteiger partial charge in [-0.3, -0.25) is 0 Å². The van der Waals surface area contributed by atoms with Gasteiger partial charge in [0.1, 0.15) is 17.2 Å². The Bertz CT molecular complexity index is 621. The second kappa shape index (κ2) is 4.81. The molecule has 0 unspecified atom stereocenters. The van der Waals surface area contributed by atoms with E-state index < -0.39 is 0 Å². The maximum Gasteiger partial charge on any atom is 0.231 e. The lowest BCUT2D eigenvalue weighted by molar-refractivity contribution is 0.174. The van der Waals surface area contributed by atoms with Crippen molar-refractivity contribution in [2.45, 2.75) is 6.54 Å². The van der Waals surface area contributed by atoms with Crippen LogP contribution in [0.2, 0.25) is 5.02 Å². The van der Waals surface area contributed by atoms with Gasteiger partial charge < -0.3 is 20.5 Å². The zero-order valence-corrected chi connectivity index (χ0v) is 10.6. The van der Waals surface area contributed by atoms with Gasteiger partial charge in [-0.15, -0.1) is 0 Å². The molecule has 7 heteroatoms. The summed E-state index contributed by atoms with van der Waals surface area (Å²) in [7, 11) is 0. The van der Waals surface area contributed by atoms with Crippen LogP contribution in [0.1, 0.15) is 5.56 Å². The predicted molar refractivity (Wildman–Crippen MR) is 71.3 cm³/mol. The minimum absolute atomic E-state index is 0.254. The molecule has 98 valence electrons. The van der Waals surface area contributed by atoms with Crippen LogP contribution in [0.3, 0.4) is 0 Å². The average molecular weight is 279 g/mol. The topological polar surface area (TPSA) is 82.3 Å². The van der Waals surface area contributed by atoms with Crippen LogP contribution in [-0.4, -0.2) is 16.8 Å². The van der Waals surface area contributed by atoms with Gasteiger partial charge in [-0.1, -0.05) is 17.7 Å². The van der Waals surface area contributed by atoms with Crippen molar-refractivity contribution in [2.24, 2.45) is 0 Å². The van der Waals surface area contributed by atoms with Crippen molar-refractivity contribution < 1.29 is 9.47 Å². The fourth-order valence-electron chi connectivity index (χ4n) is 1.74. The number of anilines is 2. The second-order valence-corrected chi connectivity index (χ2v) is 4.34. The summed E-state index contributed by atoms with van der Waals surface area (Å²) in [6.07, 6.45) is 1.36. The number of nitrogens with zero attached hydrogens (tertiary/aromatic N) is 2. The molecule has 1 aliphatic rings. The molecule has 1 aromatic carbocycles. The van der Waals surface area contributed by atoms with Gasteiger partial charge in [0.25, 0.3) is 0 Å². The number of fused-ring (bicyclic) bond motifs is 1. The number of benzene rings is 1. The molecule has 1 aliphatic heterocycles. The van der Waals surface area contributed by atoms with E-state index in [4.69, 9.17) is 26.8 Å². The Hall–Kier alpha value is -2.21. The van der Waals surface area contributed by atoms with Crippen molar-refractivity contribution in [3.63, 3.8) is 0 Å². The number of nitrogen functional groups attached to an aromatic ring is 1. The smallest absolute Gasteiger partial charge is 0.231 e. The molecule has 0 spiro atoms. The van der Waals surface area contributed by atoms with Crippen molar-refractivity contribution in [2.75, 3.05) is 17.8 Å². The van der Waals surface area contributed by atoms with Gasteiger partial charge in [-0.2, -0.15) is 0 Å². The lowest BCUT2D eigenvalue weighted by Crippen LogP contribution is -2.04. The molecule has 0 aliphatic carbocycles. The number of rotatable bonds is 3. The molecular formula is C12H11ClN4O2. The first-order valence-corrected chi connectivity index (χ1v) is 6.00. The molecule has 3 rings (SSSR count). The van der Waals surface area contributed by atoms with Crippen LogP contribution >= 0.6 is 11.6 Å². The second-order valence-electron chi connectivity index (χ2n) is 3.96. The molecule has 6 nitrogen and oxygen atoms in total. The van der Waals surface area contributed by atoms with Gasteiger partial charge in [-0.25, -0.2) is 9.97 Å². The molecule has 0 atom stereocenters. The predicted octanol–water partition coefficient (Wildman–Crippen LogP) is 2.05. The van der Waals surface area contributed by atoms with Crippen LogP contribution in [0.15, 0.2) is 24.5 Å². The molecular weight excluding hydrogens is 268 g/mol. The van der Waals surface area contributed by atoms with Crippen LogP contribution in [0, 0.1) is 0 Å². The largest absolute Gasteiger partial charge is 0.454 e. The average Bonchev–Trinajstić information content (AvgIpc) is 2.88. The fraction of sp³-hybridized carbons (Fsp3) is 0.167. The number of aromatic nitrogens is 2. The Labute approximate surface area is 114 Å². The maximum atomic E-state index is 6.00. The van der Waals surface area contributed by atoms with Crippen molar-refractivity contribution >= 4 is 23.2 Å². The number of nitrogens with two attached hydrogens (primary N) is 1. The quantitative estimate of drug-likeness (QED) is 0.894. The molecule has 0 radical (unpaired) electrons. The van der Waals surface area contributed by atoms with Crippen molar-refractivity contribution in [3.8, 4) is 11.5 Å². The zero-order chi connectivity index (χ0) is 13.2. The van der Waals surface area contributed by atoms with Crippen molar-refractivity contribution in [1.82, 2.24) is 9.97 Å². The Morgan fingerprint density at radius 1 is 1.26 bits per heavy atom. The highest BCUT2D eigenvalue weighted by molar-refractivity contribution is 6.35. The summed E-state index contributed by atoms with van der Waals surface area (Å²) in [5, 5.41) is 3.42. The van der Waals surface area contributed by atoms with Crippen LogP contribution in [0.25, 0.3) is 0 Å². The molecule has 0 saturated heterocycles. The van der Waals surface area contributed by atoms with E-state index in [0.717, 1.165) is 17.1 Å². The summed E-state index contributed by atoms with van der Waals surface area (Å²) in [5.41, 5.74) is 6.63. The molecule has 0 saturated carbocycles. The van der Waals surface area contributed by atoms with Crippen LogP contribution in [0.5, 0.6) is 11.5 Å². The van der Waals surface area contributed by atoms with E-state index in [1.54, 1.807) is 0 Å². The maximum absolute atomic E-state index is 6.00. The lowest BCUT2D eigenvalue weighted by atomic mass is 10.2. The van der Waals surface area contributed by atoms with E-state index >= 15 is 0 Å². The summed E-state index contributed by atoms with van der Waals surface area (Å²) in [6.45, 7) is 0.813. The molecule has 0 fully saturated rings. The molecule has 2 heterocycles. The summed E-state index contributed by atoms with van der Waals surface area (Å²) in [4.78, 5) is 7.84. The lowest BCUT2D eigenvalue weighted by Gasteiger charge is -2.08. The summed E-state index contributed by atoms with van der Waals surface area (Å²) in [5.74, 6) is 2.26. The Kier molecular flexibility index (Phi) is 3.00. The zero-order valence-electron chi connectivity index (χ0n) is 9.89. The van der Waals surface area contributed by atoms with Crippen LogP contribution < -0.4 is 20.5 Å². The summed E-state index contributed by atoms with van der Waals surface area (Å²) in [6, 6.07) is 5.72. The Morgan fingerprint density at radius 3 is 3.00 bits per heavy atom. The van der Waals surface area contributed by atoms with Crippen LogP contribution in [-0.2, 0) is 6.54 Å². The molecule has 1 aromatic heterocycles. The highest BCUT2D eigenvalue weighted by Crippen LogP contribution is 2.32. The monoisotopic (exact) mass is 278 g/mol. The third-order valence-electron chi connectivity index (χ3n) is 2.71. The molecule has 19 heavy (non-hydrogen) atoms. The first-order chi connectivity index (χ1) is 9.24. The third-order valence-corrected chi connectivity index (χ3v) is 3.09. The van der Waals surface area contributed by atoms with E-state index in [1.165, 1.54) is 6.33 Å².